The van der Waals surface area contributed by atoms with Crippen molar-refractivity contribution in [2.45, 2.75) is 52.1 Å². The summed E-state index contributed by atoms with van der Waals surface area (Å²) in [6, 6.07) is 8.39. The van der Waals surface area contributed by atoms with Crippen LogP contribution < -0.4 is 0 Å². The van der Waals surface area contributed by atoms with E-state index in [2.05, 4.69) is 24.0 Å². The van der Waals surface area contributed by atoms with Crippen LogP contribution in [0.15, 0.2) is 29.4 Å². The van der Waals surface area contributed by atoms with Crippen LogP contribution in [0.5, 0.6) is 0 Å². The summed E-state index contributed by atoms with van der Waals surface area (Å²) >= 11 is 12.6. The second-order valence-electron chi connectivity index (χ2n) is 6.44. The van der Waals surface area contributed by atoms with Gasteiger partial charge in [-0.2, -0.15) is 10.2 Å². The summed E-state index contributed by atoms with van der Waals surface area (Å²) in [5.41, 5.74) is 2.54. The Morgan fingerprint density at radius 3 is 2.58 bits per heavy atom. The molecule has 3 rings (SSSR count). The third kappa shape index (κ3) is 3.45. The minimum absolute atomic E-state index is 0.451. The van der Waals surface area contributed by atoms with E-state index in [0.29, 0.717) is 22.3 Å². The highest BCUT2D eigenvalue weighted by Crippen LogP contribution is 2.26. The molecule has 0 radical (unpaired) electrons. The largest absolute Gasteiger partial charge is 0.292 e. The molecule has 1 fully saturated rings. The van der Waals surface area contributed by atoms with Crippen molar-refractivity contribution in [2.24, 2.45) is 5.10 Å². The molecule has 1 aliphatic rings. The van der Waals surface area contributed by atoms with E-state index >= 15 is 0 Å². The molecule has 1 aromatic heterocycles. The molecule has 1 aromatic carbocycles. The number of nitrogens with zero attached hydrogens (tertiary/aromatic N) is 4. The summed E-state index contributed by atoms with van der Waals surface area (Å²) in [5, 5.41) is 12.6. The summed E-state index contributed by atoms with van der Waals surface area (Å²) < 4.78 is 1.70. The van der Waals surface area contributed by atoms with Gasteiger partial charge in [-0.05, 0) is 58.2 Å². The number of hydrazone groups is 1. The molecule has 6 heteroatoms. The molecule has 0 spiro atoms. The number of aromatic nitrogens is 2. The van der Waals surface area contributed by atoms with E-state index in [0.717, 1.165) is 16.9 Å². The first-order valence-corrected chi connectivity index (χ1v) is 9.06. The van der Waals surface area contributed by atoms with Gasteiger partial charge in [0.25, 0.3) is 0 Å². The van der Waals surface area contributed by atoms with Crippen molar-refractivity contribution < 1.29 is 0 Å². The van der Waals surface area contributed by atoms with Crippen molar-refractivity contribution in [3.05, 3.63) is 45.7 Å². The molecule has 0 saturated carbocycles. The lowest BCUT2D eigenvalue weighted by molar-refractivity contribution is 0.109. The first kappa shape index (κ1) is 17.3. The molecule has 0 amide bonds. The maximum Gasteiger partial charge on any atom is 0.142 e. The standard InChI is InChI=1S/C18H22Cl2N4/c1-12-6-4-7-13(2)23(12)21-11-17-14(3)22-24(18(17)20)16-9-5-8-15(19)10-16/h5,8-13H,4,6-7H2,1-3H3/b21-11-/t12-,13+. The number of rotatable bonds is 3. The lowest BCUT2D eigenvalue weighted by atomic mass is 10.00. The molecule has 2 heterocycles. The van der Waals surface area contributed by atoms with Gasteiger partial charge in [0.15, 0.2) is 0 Å². The van der Waals surface area contributed by atoms with Crippen LogP contribution in [0, 0.1) is 6.92 Å². The van der Waals surface area contributed by atoms with Gasteiger partial charge >= 0.3 is 0 Å². The van der Waals surface area contributed by atoms with Gasteiger partial charge in [0.1, 0.15) is 5.15 Å². The molecule has 128 valence electrons. The van der Waals surface area contributed by atoms with Crippen molar-refractivity contribution in [1.82, 2.24) is 14.8 Å². The van der Waals surface area contributed by atoms with E-state index in [9.17, 15) is 0 Å². The summed E-state index contributed by atoms with van der Waals surface area (Å²) in [7, 11) is 0. The van der Waals surface area contributed by atoms with Gasteiger partial charge in [0.2, 0.25) is 0 Å². The van der Waals surface area contributed by atoms with Gasteiger partial charge in [-0.25, -0.2) is 4.68 Å². The SMILES string of the molecule is Cc1nn(-c2cccc(Cl)c2)c(Cl)c1/C=N\N1[C@H](C)CCC[C@@H]1C. The van der Waals surface area contributed by atoms with Crippen LogP contribution in [0.1, 0.15) is 44.4 Å². The maximum atomic E-state index is 6.55. The van der Waals surface area contributed by atoms with Crippen molar-refractivity contribution in [3.8, 4) is 5.69 Å². The van der Waals surface area contributed by atoms with E-state index in [-0.39, 0.29) is 0 Å². The zero-order chi connectivity index (χ0) is 17.3. The molecule has 0 aliphatic carbocycles. The van der Waals surface area contributed by atoms with Crippen LogP contribution in [0.4, 0.5) is 0 Å². The Bertz CT molecular complexity index is 743. The van der Waals surface area contributed by atoms with Gasteiger partial charge in [-0.15, -0.1) is 0 Å². The highest BCUT2D eigenvalue weighted by Gasteiger charge is 2.23. The van der Waals surface area contributed by atoms with Crippen LogP contribution in [0.2, 0.25) is 10.2 Å². The van der Waals surface area contributed by atoms with Gasteiger partial charge < -0.3 is 0 Å². The fourth-order valence-electron chi connectivity index (χ4n) is 3.20. The Labute approximate surface area is 153 Å². The van der Waals surface area contributed by atoms with Crippen molar-refractivity contribution in [2.75, 3.05) is 0 Å². The minimum Gasteiger partial charge on any atom is -0.292 e. The summed E-state index contributed by atoms with van der Waals surface area (Å²) in [4.78, 5) is 0. The summed E-state index contributed by atoms with van der Waals surface area (Å²) in [6.07, 6.45) is 5.46. The molecule has 0 unspecified atom stereocenters. The van der Waals surface area contributed by atoms with Crippen molar-refractivity contribution in [1.29, 1.82) is 0 Å². The topological polar surface area (TPSA) is 33.4 Å². The molecular weight excluding hydrogens is 343 g/mol. The fraction of sp³-hybridized carbons (Fsp3) is 0.444. The minimum atomic E-state index is 0.451. The monoisotopic (exact) mass is 364 g/mol. The van der Waals surface area contributed by atoms with Crippen LogP contribution in [0.25, 0.3) is 5.69 Å². The lowest BCUT2D eigenvalue weighted by Crippen LogP contribution is -2.39. The molecule has 1 saturated heterocycles. The number of piperidine rings is 1. The van der Waals surface area contributed by atoms with Crippen LogP contribution in [-0.4, -0.2) is 33.1 Å². The third-order valence-electron chi connectivity index (χ3n) is 4.57. The van der Waals surface area contributed by atoms with E-state index in [1.165, 1.54) is 19.3 Å². The predicted octanol–water partition coefficient (Wildman–Crippen LogP) is 5.08. The molecule has 1 aliphatic heterocycles. The molecule has 0 bridgehead atoms. The Morgan fingerprint density at radius 1 is 1.21 bits per heavy atom. The average Bonchev–Trinajstić information content (AvgIpc) is 2.82. The first-order valence-electron chi connectivity index (χ1n) is 8.30. The second kappa shape index (κ2) is 7.16. The highest BCUT2D eigenvalue weighted by molar-refractivity contribution is 6.32. The molecule has 0 N–H and O–H groups in total. The third-order valence-corrected chi connectivity index (χ3v) is 5.17. The average molecular weight is 365 g/mol. The Hall–Kier alpha value is -1.52. The number of aryl methyl sites for hydroxylation is 1. The molecule has 4 nitrogen and oxygen atoms in total. The van der Waals surface area contributed by atoms with Crippen molar-refractivity contribution in [3.63, 3.8) is 0 Å². The van der Waals surface area contributed by atoms with Crippen LogP contribution in [0.3, 0.4) is 0 Å². The Kier molecular flexibility index (Phi) is 5.16. The smallest absolute Gasteiger partial charge is 0.142 e. The Balaban J connectivity index is 1.91. The quantitative estimate of drug-likeness (QED) is 0.711. The molecule has 24 heavy (non-hydrogen) atoms. The van der Waals surface area contributed by atoms with E-state index < -0.39 is 0 Å². The Morgan fingerprint density at radius 2 is 1.92 bits per heavy atom. The summed E-state index contributed by atoms with van der Waals surface area (Å²) in [5.74, 6) is 0. The number of halogens is 2. The summed E-state index contributed by atoms with van der Waals surface area (Å²) in [6.45, 7) is 6.38. The van der Waals surface area contributed by atoms with Crippen LogP contribution in [-0.2, 0) is 0 Å². The van der Waals surface area contributed by atoms with Crippen LogP contribution >= 0.6 is 23.2 Å². The number of benzene rings is 1. The van der Waals surface area contributed by atoms with E-state index in [1.807, 2.05) is 37.4 Å². The van der Waals surface area contributed by atoms with E-state index in [1.54, 1.807) is 4.68 Å². The molecule has 2 aromatic rings. The van der Waals surface area contributed by atoms with Gasteiger partial charge in [0, 0.05) is 17.1 Å². The normalized spacial score (nSPS) is 21.6. The van der Waals surface area contributed by atoms with E-state index in [4.69, 9.17) is 28.3 Å². The highest BCUT2D eigenvalue weighted by atomic mass is 35.5. The fourth-order valence-corrected chi connectivity index (χ4v) is 3.70. The molecular formula is C18H22Cl2N4. The zero-order valence-electron chi connectivity index (χ0n) is 14.2. The number of hydrogen-bond acceptors (Lipinski definition) is 3. The van der Waals surface area contributed by atoms with Gasteiger partial charge in [-0.3, -0.25) is 5.01 Å². The predicted molar refractivity (Wildman–Crippen MR) is 101 cm³/mol. The number of hydrogen-bond donors (Lipinski definition) is 0. The zero-order valence-corrected chi connectivity index (χ0v) is 15.7. The van der Waals surface area contributed by atoms with Gasteiger partial charge in [-0.1, -0.05) is 29.3 Å². The van der Waals surface area contributed by atoms with Gasteiger partial charge in [0.05, 0.1) is 23.2 Å². The maximum absolute atomic E-state index is 6.55. The molecule has 2 atom stereocenters. The lowest BCUT2D eigenvalue weighted by Gasteiger charge is -2.36. The second-order valence-corrected chi connectivity index (χ2v) is 7.23. The first-order chi connectivity index (χ1) is 11.5. The van der Waals surface area contributed by atoms with Crippen molar-refractivity contribution >= 4 is 29.4 Å².